The lowest BCUT2D eigenvalue weighted by Gasteiger charge is -2.25. The van der Waals surface area contributed by atoms with Crippen molar-refractivity contribution in [1.82, 2.24) is 4.90 Å². The average molecular weight is 159 g/mol. The highest BCUT2D eigenvalue weighted by Crippen LogP contribution is 2.24. The fourth-order valence-electron chi connectivity index (χ4n) is 1.19. The van der Waals surface area contributed by atoms with Gasteiger partial charge in [0.25, 0.3) is 0 Å². The molecule has 5 nitrogen and oxygen atoms in total. The monoisotopic (exact) mass is 159 g/mol. The lowest BCUT2D eigenvalue weighted by molar-refractivity contribution is -0.177. The summed E-state index contributed by atoms with van der Waals surface area (Å²) in [6.45, 7) is 0.312. The summed E-state index contributed by atoms with van der Waals surface area (Å²) in [5.41, 5.74) is -1.96. The number of carbonyl (C=O) groups excluding carboxylic acids is 1. The van der Waals surface area contributed by atoms with Crippen LogP contribution in [0.5, 0.6) is 0 Å². The number of aliphatic carboxylic acids is 1. The van der Waals surface area contributed by atoms with Crippen LogP contribution in [0.2, 0.25) is 0 Å². The summed E-state index contributed by atoms with van der Waals surface area (Å²) in [5.74, 6) is -1.36. The molecule has 62 valence electrons. The number of nitrogens with zero attached hydrogens (tertiary/aromatic N) is 1. The maximum Gasteiger partial charge on any atom is 0.357 e. The van der Waals surface area contributed by atoms with Gasteiger partial charge in [-0.2, -0.15) is 0 Å². The van der Waals surface area contributed by atoms with Crippen LogP contribution in [-0.4, -0.2) is 39.8 Å². The fraction of sp³-hybridized carbons (Fsp3) is 0.667. The zero-order chi connectivity index (χ0) is 8.48. The number of carboxylic acid groups (broad SMARTS) is 1. The second kappa shape index (κ2) is 2.50. The number of carboxylic acids is 1. The van der Waals surface area contributed by atoms with E-state index in [1.807, 2.05) is 0 Å². The van der Waals surface area contributed by atoms with Crippen LogP contribution < -0.4 is 0 Å². The van der Waals surface area contributed by atoms with Crippen molar-refractivity contribution in [2.45, 2.75) is 18.6 Å². The van der Waals surface area contributed by atoms with Gasteiger partial charge in [0.05, 0.1) is 0 Å². The molecule has 0 aromatic rings. The smallest absolute Gasteiger partial charge is 0.357 e. The third kappa shape index (κ3) is 1.07. The molecule has 0 bridgehead atoms. The van der Waals surface area contributed by atoms with Gasteiger partial charge < -0.3 is 15.1 Å². The van der Waals surface area contributed by atoms with Gasteiger partial charge in [0.1, 0.15) is 0 Å². The minimum atomic E-state index is -1.96. The molecule has 1 fully saturated rings. The number of rotatable bonds is 2. The summed E-state index contributed by atoms with van der Waals surface area (Å²) >= 11 is 0. The predicted molar refractivity (Wildman–Crippen MR) is 34.6 cm³/mol. The standard InChI is InChI=1S/C6H9NO4/c8-4-7-3-1-2-6(7,11)5(9)10/h4,11H,1-3H2,(H,9,10). The Morgan fingerprint density at radius 2 is 2.27 bits per heavy atom. The highest BCUT2D eigenvalue weighted by molar-refractivity contribution is 5.79. The van der Waals surface area contributed by atoms with Gasteiger partial charge in [-0.25, -0.2) is 4.79 Å². The quantitative estimate of drug-likeness (QED) is 0.507. The highest BCUT2D eigenvalue weighted by Gasteiger charge is 2.45. The van der Waals surface area contributed by atoms with Crippen LogP contribution in [0.4, 0.5) is 0 Å². The van der Waals surface area contributed by atoms with Crippen molar-refractivity contribution in [3.63, 3.8) is 0 Å². The van der Waals surface area contributed by atoms with Crippen molar-refractivity contribution in [1.29, 1.82) is 0 Å². The van der Waals surface area contributed by atoms with Crippen LogP contribution in [0, 0.1) is 0 Å². The van der Waals surface area contributed by atoms with Gasteiger partial charge in [-0.15, -0.1) is 0 Å². The fourth-order valence-corrected chi connectivity index (χ4v) is 1.19. The molecule has 0 aromatic carbocycles. The van der Waals surface area contributed by atoms with E-state index in [1.54, 1.807) is 0 Å². The van der Waals surface area contributed by atoms with Crippen LogP contribution in [0.25, 0.3) is 0 Å². The molecule has 1 atom stereocenters. The largest absolute Gasteiger partial charge is 0.478 e. The lowest BCUT2D eigenvalue weighted by atomic mass is 10.1. The summed E-state index contributed by atoms with van der Waals surface area (Å²) in [5, 5.41) is 17.8. The molecule has 5 heteroatoms. The van der Waals surface area contributed by atoms with E-state index in [2.05, 4.69) is 0 Å². The van der Waals surface area contributed by atoms with E-state index in [9.17, 15) is 14.7 Å². The summed E-state index contributed by atoms with van der Waals surface area (Å²) < 4.78 is 0. The number of carbonyl (C=O) groups is 2. The van der Waals surface area contributed by atoms with Gasteiger partial charge in [0.2, 0.25) is 12.1 Å². The number of amides is 1. The van der Waals surface area contributed by atoms with Crippen molar-refractivity contribution in [3.8, 4) is 0 Å². The minimum absolute atomic E-state index is 0.112. The number of likely N-dealkylation sites (tertiary alicyclic amines) is 1. The predicted octanol–water partition coefficient (Wildman–Crippen LogP) is -0.988. The van der Waals surface area contributed by atoms with E-state index in [-0.39, 0.29) is 6.42 Å². The lowest BCUT2D eigenvalue weighted by Crippen LogP contribution is -2.49. The Morgan fingerprint density at radius 1 is 1.64 bits per heavy atom. The molecule has 1 amide bonds. The molecular weight excluding hydrogens is 150 g/mol. The van der Waals surface area contributed by atoms with Gasteiger partial charge >= 0.3 is 5.97 Å². The molecular formula is C6H9NO4. The van der Waals surface area contributed by atoms with Crippen molar-refractivity contribution in [2.24, 2.45) is 0 Å². The van der Waals surface area contributed by atoms with Crippen LogP contribution in [0.15, 0.2) is 0 Å². The second-order valence-electron chi connectivity index (χ2n) is 2.52. The van der Waals surface area contributed by atoms with Gasteiger partial charge in [0.15, 0.2) is 0 Å². The van der Waals surface area contributed by atoms with Crippen molar-refractivity contribution in [2.75, 3.05) is 6.54 Å². The molecule has 0 spiro atoms. The molecule has 0 radical (unpaired) electrons. The summed E-state index contributed by atoms with van der Waals surface area (Å²) in [6.07, 6.45) is 1.00. The van der Waals surface area contributed by atoms with Crippen molar-refractivity contribution in [3.05, 3.63) is 0 Å². The third-order valence-electron chi connectivity index (χ3n) is 1.87. The second-order valence-corrected chi connectivity index (χ2v) is 2.52. The molecule has 0 saturated carbocycles. The topological polar surface area (TPSA) is 77.8 Å². The zero-order valence-corrected chi connectivity index (χ0v) is 5.86. The van der Waals surface area contributed by atoms with Gasteiger partial charge in [0, 0.05) is 13.0 Å². The first-order valence-corrected chi connectivity index (χ1v) is 3.29. The van der Waals surface area contributed by atoms with E-state index in [4.69, 9.17) is 5.11 Å². The first kappa shape index (κ1) is 8.00. The normalized spacial score (nSPS) is 30.5. The Morgan fingerprint density at radius 3 is 2.64 bits per heavy atom. The Labute approximate surface area is 63.2 Å². The molecule has 1 aliphatic heterocycles. The molecule has 1 heterocycles. The Hall–Kier alpha value is -1.10. The molecule has 1 saturated heterocycles. The SMILES string of the molecule is O=CN1CCCC1(O)C(=O)O. The molecule has 0 aliphatic carbocycles. The zero-order valence-electron chi connectivity index (χ0n) is 5.86. The molecule has 1 rings (SSSR count). The number of hydrogen-bond donors (Lipinski definition) is 2. The molecule has 11 heavy (non-hydrogen) atoms. The average Bonchev–Trinajstić information content (AvgIpc) is 2.32. The summed E-state index contributed by atoms with van der Waals surface area (Å²) in [4.78, 5) is 21.6. The van der Waals surface area contributed by atoms with E-state index in [0.717, 1.165) is 4.90 Å². The number of aliphatic hydroxyl groups is 1. The van der Waals surface area contributed by atoms with Gasteiger partial charge in [-0.3, -0.25) is 4.79 Å². The van der Waals surface area contributed by atoms with E-state index in [0.29, 0.717) is 19.4 Å². The molecule has 1 unspecified atom stereocenters. The van der Waals surface area contributed by atoms with Crippen LogP contribution in [0.1, 0.15) is 12.8 Å². The Balaban J connectivity index is 2.83. The van der Waals surface area contributed by atoms with Crippen molar-refractivity contribution >= 4 is 12.4 Å². The number of hydrogen-bond acceptors (Lipinski definition) is 3. The van der Waals surface area contributed by atoms with E-state index >= 15 is 0 Å². The maximum absolute atomic E-state index is 10.4. The van der Waals surface area contributed by atoms with Crippen LogP contribution in [-0.2, 0) is 9.59 Å². The van der Waals surface area contributed by atoms with Crippen molar-refractivity contribution < 1.29 is 19.8 Å². The van der Waals surface area contributed by atoms with Crippen LogP contribution >= 0.6 is 0 Å². The minimum Gasteiger partial charge on any atom is -0.478 e. The Kier molecular flexibility index (Phi) is 1.82. The first-order chi connectivity index (χ1) is 5.11. The molecule has 1 aliphatic rings. The van der Waals surface area contributed by atoms with E-state index in [1.165, 1.54) is 0 Å². The third-order valence-corrected chi connectivity index (χ3v) is 1.87. The maximum atomic E-state index is 10.4. The molecule has 0 aromatic heterocycles. The molecule has 2 N–H and O–H groups in total. The highest BCUT2D eigenvalue weighted by atomic mass is 16.4. The van der Waals surface area contributed by atoms with E-state index < -0.39 is 11.7 Å². The van der Waals surface area contributed by atoms with Gasteiger partial charge in [-0.1, -0.05) is 0 Å². The first-order valence-electron chi connectivity index (χ1n) is 3.29. The summed E-state index contributed by atoms with van der Waals surface area (Å²) in [7, 11) is 0. The van der Waals surface area contributed by atoms with Gasteiger partial charge in [-0.05, 0) is 6.42 Å². The summed E-state index contributed by atoms with van der Waals surface area (Å²) in [6, 6.07) is 0. The Bertz CT molecular complexity index is 193. The van der Waals surface area contributed by atoms with Crippen LogP contribution in [0.3, 0.4) is 0 Å².